The van der Waals surface area contributed by atoms with E-state index < -0.39 is 0 Å². The van der Waals surface area contributed by atoms with E-state index in [1.807, 2.05) is 0 Å². The number of hydrogen-bond donors (Lipinski definition) is 2. The van der Waals surface area contributed by atoms with Crippen LogP contribution in [-0.2, 0) is 0 Å². The molecular formula is C11H12N2O3. The number of ether oxygens (including phenoxy) is 2. The van der Waals surface area contributed by atoms with E-state index in [9.17, 15) is 4.79 Å². The second-order valence-corrected chi connectivity index (χ2v) is 3.31. The first-order valence-electron chi connectivity index (χ1n) is 4.69. The molecule has 1 aliphatic rings. The summed E-state index contributed by atoms with van der Waals surface area (Å²) >= 11 is 0. The molecule has 1 aromatic carbocycles. The Morgan fingerprint density at radius 3 is 2.38 bits per heavy atom. The van der Waals surface area contributed by atoms with E-state index in [4.69, 9.17) is 9.47 Å². The van der Waals surface area contributed by atoms with Crippen molar-refractivity contribution in [2.24, 2.45) is 0 Å². The molecule has 0 fully saturated rings. The average molecular weight is 220 g/mol. The van der Waals surface area contributed by atoms with E-state index in [0.29, 0.717) is 28.6 Å². The van der Waals surface area contributed by atoms with Gasteiger partial charge in [-0.05, 0) is 6.07 Å². The monoisotopic (exact) mass is 220 g/mol. The molecule has 1 heterocycles. The minimum absolute atomic E-state index is 0.209. The van der Waals surface area contributed by atoms with Crippen molar-refractivity contribution in [3.05, 3.63) is 30.1 Å². The topological polar surface area (TPSA) is 59.6 Å². The fraction of sp³-hybridized carbons (Fsp3) is 0.182. The van der Waals surface area contributed by atoms with Crippen molar-refractivity contribution >= 4 is 11.6 Å². The summed E-state index contributed by atoms with van der Waals surface area (Å²) in [6.07, 6.45) is 0. The number of carbonyl (C=O) groups excluding carboxylic acids is 1. The quantitative estimate of drug-likeness (QED) is 0.789. The minimum Gasteiger partial charge on any atom is -0.493 e. The SMILES string of the molecule is C=C1NC(=O)c2cc(OC)c(OC)cc2N1. The van der Waals surface area contributed by atoms with Gasteiger partial charge in [0, 0.05) is 6.07 Å². The van der Waals surface area contributed by atoms with Gasteiger partial charge in [0.25, 0.3) is 5.91 Å². The third-order valence-electron chi connectivity index (χ3n) is 2.32. The lowest BCUT2D eigenvalue weighted by molar-refractivity contribution is 0.0963. The van der Waals surface area contributed by atoms with Gasteiger partial charge in [-0.3, -0.25) is 4.79 Å². The number of nitrogens with one attached hydrogen (secondary N) is 2. The van der Waals surface area contributed by atoms with Crippen LogP contribution in [0.2, 0.25) is 0 Å². The van der Waals surface area contributed by atoms with E-state index in [1.54, 1.807) is 19.2 Å². The van der Waals surface area contributed by atoms with Gasteiger partial charge in [-0.2, -0.15) is 0 Å². The molecule has 5 heteroatoms. The zero-order valence-corrected chi connectivity index (χ0v) is 9.09. The van der Waals surface area contributed by atoms with E-state index >= 15 is 0 Å². The number of hydrogen-bond acceptors (Lipinski definition) is 4. The van der Waals surface area contributed by atoms with Crippen LogP contribution in [0, 0.1) is 0 Å². The summed E-state index contributed by atoms with van der Waals surface area (Å²) < 4.78 is 10.3. The zero-order chi connectivity index (χ0) is 11.7. The summed E-state index contributed by atoms with van der Waals surface area (Å²) in [6.45, 7) is 3.65. The van der Waals surface area contributed by atoms with Gasteiger partial charge in [-0.25, -0.2) is 0 Å². The lowest BCUT2D eigenvalue weighted by Crippen LogP contribution is -2.32. The normalized spacial score (nSPS) is 13.6. The number of amides is 1. The highest BCUT2D eigenvalue weighted by molar-refractivity contribution is 6.03. The lowest BCUT2D eigenvalue weighted by Gasteiger charge is -2.21. The molecule has 0 saturated carbocycles. The largest absolute Gasteiger partial charge is 0.493 e. The molecule has 2 N–H and O–H groups in total. The Labute approximate surface area is 93.0 Å². The highest BCUT2D eigenvalue weighted by atomic mass is 16.5. The van der Waals surface area contributed by atoms with Gasteiger partial charge in [0.05, 0.1) is 25.5 Å². The maximum atomic E-state index is 11.7. The third kappa shape index (κ3) is 1.56. The first-order chi connectivity index (χ1) is 7.65. The van der Waals surface area contributed by atoms with Gasteiger partial charge in [0.15, 0.2) is 11.5 Å². The summed E-state index contributed by atoms with van der Waals surface area (Å²) in [5.74, 6) is 1.33. The summed E-state index contributed by atoms with van der Waals surface area (Å²) in [7, 11) is 3.07. The zero-order valence-electron chi connectivity index (χ0n) is 9.09. The molecule has 0 unspecified atom stereocenters. The van der Waals surface area contributed by atoms with Gasteiger partial charge in [0.1, 0.15) is 5.82 Å². The first kappa shape index (κ1) is 10.4. The number of anilines is 1. The second kappa shape index (κ2) is 3.77. The van der Waals surface area contributed by atoms with Crippen LogP contribution in [0.3, 0.4) is 0 Å². The van der Waals surface area contributed by atoms with Crippen molar-refractivity contribution < 1.29 is 14.3 Å². The molecule has 84 valence electrons. The molecular weight excluding hydrogens is 208 g/mol. The summed E-state index contributed by atoms with van der Waals surface area (Å²) in [6, 6.07) is 3.33. The molecule has 0 atom stereocenters. The van der Waals surface area contributed by atoms with Crippen LogP contribution in [-0.4, -0.2) is 20.1 Å². The van der Waals surface area contributed by atoms with Crippen molar-refractivity contribution in [2.75, 3.05) is 19.5 Å². The van der Waals surface area contributed by atoms with Crippen molar-refractivity contribution in [3.8, 4) is 11.5 Å². The first-order valence-corrected chi connectivity index (χ1v) is 4.69. The van der Waals surface area contributed by atoms with Crippen molar-refractivity contribution in [2.45, 2.75) is 0 Å². The van der Waals surface area contributed by atoms with Crippen LogP contribution in [0.25, 0.3) is 0 Å². The van der Waals surface area contributed by atoms with Gasteiger partial charge in [-0.15, -0.1) is 0 Å². The highest BCUT2D eigenvalue weighted by Gasteiger charge is 2.21. The van der Waals surface area contributed by atoms with Crippen LogP contribution in [0.15, 0.2) is 24.5 Å². The molecule has 1 amide bonds. The van der Waals surface area contributed by atoms with Crippen LogP contribution < -0.4 is 20.1 Å². The third-order valence-corrected chi connectivity index (χ3v) is 2.32. The Kier molecular flexibility index (Phi) is 2.44. The Balaban J connectivity index is 2.56. The van der Waals surface area contributed by atoms with Crippen molar-refractivity contribution in [1.29, 1.82) is 0 Å². The minimum atomic E-state index is -0.209. The molecule has 0 aromatic heterocycles. The maximum Gasteiger partial charge on any atom is 0.259 e. The molecule has 0 saturated heterocycles. The maximum absolute atomic E-state index is 11.7. The molecule has 16 heavy (non-hydrogen) atoms. The Morgan fingerprint density at radius 1 is 1.12 bits per heavy atom. The van der Waals surface area contributed by atoms with E-state index in [0.717, 1.165) is 0 Å². The van der Waals surface area contributed by atoms with Gasteiger partial charge >= 0.3 is 0 Å². The van der Waals surface area contributed by atoms with Crippen molar-refractivity contribution in [3.63, 3.8) is 0 Å². The van der Waals surface area contributed by atoms with Gasteiger partial charge in [-0.1, -0.05) is 6.58 Å². The van der Waals surface area contributed by atoms with E-state index in [1.165, 1.54) is 7.11 Å². The fourth-order valence-corrected chi connectivity index (χ4v) is 1.57. The standard InChI is InChI=1S/C11H12N2O3/c1-6-12-8-5-10(16-3)9(15-2)4-7(8)11(14)13-6/h4-5,12H,1H2,2-3H3,(H,13,14). The van der Waals surface area contributed by atoms with Crippen LogP contribution in [0.4, 0.5) is 5.69 Å². The Hall–Kier alpha value is -2.17. The molecule has 0 radical (unpaired) electrons. The smallest absolute Gasteiger partial charge is 0.259 e. The van der Waals surface area contributed by atoms with Crippen LogP contribution >= 0.6 is 0 Å². The summed E-state index contributed by atoms with van der Waals surface area (Å²) in [5, 5.41) is 5.54. The van der Waals surface area contributed by atoms with Gasteiger partial charge in [0.2, 0.25) is 0 Å². The number of rotatable bonds is 2. The second-order valence-electron chi connectivity index (χ2n) is 3.31. The Bertz CT molecular complexity index is 469. The number of methoxy groups -OCH3 is 2. The molecule has 1 aliphatic heterocycles. The van der Waals surface area contributed by atoms with Crippen LogP contribution in [0.5, 0.6) is 11.5 Å². The molecule has 0 spiro atoms. The predicted molar refractivity (Wildman–Crippen MR) is 59.8 cm³/mol. The molecule has 2 rings (SSSR count). The summed E-state index contributed by atoms with van der Waals surface area (Å²) in [5.41, 5.74) is 1.16. The van der Waals surface area contributed by atoms with Crippen LogP contribution in [0.1, 0.15) is 10.4 Å². The van der Waals surface area contributed by atoms with Gasteiger partial charge < -0.3 is 20.1 Å². The predicted octanol–water partition coefficient (Wildman–Crippen LogP) is 1.33. The molecule has 0 aliphatic carbocycles. The Morgan fingerprint density at radius 2 is 1.75 bits per heavy atom. The number of fused-ring (bicyclic) bond motifs is 1. The van der Waals surface area contributed by atoms with E-state index in [2.05, 4.69) is 17.2 Å². The number of benzene rings is 1. The lowest BCUT2D eigenvalue weighted by atomic mass is 10.1. The molecule has 5 nitrogen and oxygen atoms in total. The number of carbonyl (C=O) groups is 1. The average Bonchev–Trinajstić information content (AvgIpc) is 2.27. The fourth-order valence-electron chi connectivity index (χ4n) is 1.57. The highest BCUT2D eigenvalue weighted by Crippen LogP contribution is 2.34. The molecule has 1 aromatic rings. The van der Waals surface area contributed by atoms with E-state index in [-0.39, 0.29) is 5.91 Å². The molecule has 0 bridgehead atoms. The summed E-state index contributed by atoms with van der Waals surface area (Å²) in [4.78, 5) is 11.7. The van der Waals surface area contributed by atoms with Crippen molar-refractivity contribution in [1.82, 2.24) is 5.32 Å².